The molecule has 75 valence electrons. The Labute approximate surface area is 83.6 Å². The first kappa shape index (κ1) is 10.6. The molecule has 0 aliphatic rings. The summed E-state index contributed by atoms with van der Waals surface area (Å²) in [6.45, 7) is 5.54. The van der Waals surface area contributed by atoms with E-state index in [1.54, 1.807) is 44.7 Å². The number of rotatable bonds is 4. The second-order valence-electron chi connectivity index (χ2n) is 2.60. The monoisotopic (exact) mass is 193 g/mol. The first-order valence-corrected chi connectivity index (χ1v) is 4.49. The van der Waals surface area contributed by atoms with Gasteiger partial charge in [-0.1, -0.05) is 0 Å². The molecule has 0 unspecified atom stereocenters. The smallest absolute Gasteiger partial charge is 0.338 e. The van der Waals surface area contributed by atoms with Crippen molar-refractivity contribution in [3.63, 3.8) is 0 Å². The number of hydrogen-bond donors (Lipinski definition) is 0. The summed E-state index contributed by atoms with van der Waals surface area (Å²) in [4.78, 5) is 11.2. The van der Waals surface area contributed by atoms with Crippen molar-refractivity contribution >= 4 is 5.97 Å². The summed E-state index contributed by atoms with van der Waals surface area (Å²) in [6, 6.07) is 6.81. The van der Waals surface area contributed by atoms with Gasteiger partial charge in [0.25, 0.3) is 0 Å². The molecule has 0 bridgehead atoms. The fraction of sp³-hybridized carbons (Fsp3) is 0.273. The molecule has 0 fully saturated rings. The van der Waals surface area contributed by atoms with Gasteiger partial charge in [-0.3, -0.25) is 0 Å². The molecule has 0 saturated carbocycles. The number of carbonyl (C=O) groups excluding carboxylic acids is 1. The van der Waals surface area contributed by atoms with E-state index in [0.29, 0.717) is 17.9 Å². The zero-order valence-corrected chi connectivity index (χ0v) is 8.32. The molecule has 1 aromatic rings. The summed E-state index contributed by atoms with van der Waals surface area (Å²) >= 11 is 0. The highest BCUT2D eigenvalue weighted by atomic mass is 16.5. The maximum atomic E-state index is 11.2. The van der Waals surface area contributed by atoms with Crippen LogP contribution in [0.2, 0.25) is 0 Å². The molecule has 3 nitrogen and oxygen atoms in total. The van der Waals surface area contributed by atoms with E-state index in [9.17, 15) is 4.79 Å². The fourth-order valence-electron chi connectivity index (χ4n) is 1.02. The topological polar surface area (TPSA) is 35.5 Å². The Bertz CT molecular complexity index is 290. The van der Waals surface area contributed by atoms with Crippen molar-refractivity contribution in [3.8, 4) is 5.75 Å². The van der Waals surface area contributed by atoms with Crippen LogP contribution in [0.5, 0.6) is 5.75 Å². The lowest BCUT2D eigenvalue weighted by Crippen LogP contribution is -2.04. The van der Waals surface area contributed by atoms with E-state index in [-0.39, 0.29) is 5.97 Å². The third-order valence-corrected chi connectivity index (χ3v) is 1.62. The molecule has 3 heteroatoms. The lowest BCUT2D eigenvalue weighted by Gasteiger charge is -2.03. The van der Waals surface area contributed by atoms with Gasteiger partial charge in [-0.15, -0.1) is 0 Å². The number of hydrogen-bond acceptors (Lipinski definition) is 3. The Hall–Kier alpha value is -1.51. The molecule has 0 N–H and O–H groups in total. The van der Waals surface area contributed by atoms with E-state index < -0.39 is 0 Å². The molecule has 0 aromatic heterocycles. The highest BCUT2D eigenvalue weighted by molar-refractivity contribution is 5.89. The minimum atomic E-state index is -0.306. The zero-order chi connectivity index (χ0) is 10.4. The Morgan fingerprint density at radius 3 is 2.50 bits per heavy atom. The summed E-state index contributed by atoms with van der Waals surface area (Å²) in [7, 11) is 0. The van der Waals surface area contributed by atoms with Crippen LogP contribution in [0.15, 0.2) is 24.3 Å². The summed E-state index contributed by atoms with van der Waals surface area (Å²) in [6.07, 6.45) is 0. The second kappa shape index (κ2) is 5.27. The van der Waals surface area contributed by atoms with Gasteiger partial charge in [-0.25, -0.2) is 4.79 Å². The van der Waals surface area contributed by atoms with Crippen LogP contribution in [0, 0.1) is 6.61 Å². The lowest BCUT2D eigenvalue weighted by atomic mass is 10.2. The van der Waals surface area contributed by atoms with Crippen molar-refractivity contribution in [1.29, 1.82) is 0 Å². The van der Waals surface area contributed by atoms with E-state index in [1.807, 2.05) is 0 Å². The van der Waals surface area contributed by atoms with Gasteiger partial charge < -0.3 is 9.47 Å². The van der Waals surface area contributed by atoms with Crippen molar-refractivity contribution in [3.05, 3.63) is 36.4 Å². The zero-order valence-electron chi connectivity index (χ0n) is 8.32. The van der Waals surface area contributed by atoms with E-state index in [4.69, 9.17) is 9.47 Å². The molecule has 1 aromatic carbocycles. The standard InChI is InChI=1S/C11H13O3/c1-3-13-10-7-5-9(6-8-10)11(12)14-4-2/h3,5-8H,4H2,1-2H3. The van der Waals surface area contributed by atoms with Gasteiger partial charge >= 0.3 is 5.97 Å². The molecule has 0 heterocycles. The molecule has 1 rings (SSSR count). The Morgan fingerprint density at radius 2 is 2.00 bits per heavy atom. The fourth-order valence-corrected chi connectivity index (χ4v) is 1.02. The van der Waals surface area contributed by atoms with Crippen LogP contribution in [0.25, 0.3) is 0 Å². The summed E-state index contributed by atoms with van der Waals surface area (Å²) in [5, 5.41) is 0. The molecule has 0 amide bonds. The van der Waals surface area contributed by atoms with Crippen LogP contribution in [0.3, 0.4) is 0 Å². The van der Waals surface area contributed by atoms with Crippen molar-refractivity contribution in [2.75, 3.05) is 6.61 Å². The molecule has 14 heavy (non-hydrogen) atoms. The molecule has 1 radical (unpaired) electrons. The van der Waals surface area contributed by atoms with Crippen molar-refractivity contribution in [2.24, 2.45) is 0 Å². The minimum absolute atomic E-state index is 0.306. The number of ether oxygens (including phenoxy) is 2. The van der Waals surface area contributed by atoms with Gasteiger partial charge in [-0.05, 0) is 38.1 Å². The van der Waals surface area contributed by atoms with Gasteiger partial charge in [0.1, 0.15) is 12.4 Å². The maximum absolute atomic E-state index is 11.2. The second-order valence-corrected chi connectivity index (χ2v) is 2.60. The predicted molar refractivity (Wildman–Crippen MR) is 53.0 cm³/mol. The predicted octanol–water partition coefficient (Wildman–Crippen LogP) is 2.42. The number of benzene rings is 1. The van der Waals surface area contributed by atoms with E-state index >= 15 is 0 Å². The summed E-state index contributed by atoms with van der Waals surface area (Å²) in [5.74, 6) is 0.403. The molecule has 0 spiro atoms. The van der Waals surface area contributed by atoms with Crippen molar-refractivity contribution in [1.82, 2.24) is 0 Å². The quantitative estimate of drug-likeness (QED) is 0.689. The molecule has 0 aliphatic carbocycles. The maximum Gasteiger partial charge on any atom is 0.338 e. The average Bonchev–Trinajstić information content (AvgIpc) is 2.20. The van der Waals surface area contributed by atoms with Gasteiger partial charge in [0, 0.05) is 0 Å². The minimum Gasteiger partial charge on any atom is -0.487 e. The summed E-state index contributed by atoms with van der Waals surface area (Å²) in [5.41, 5.74) is 0.537. The largest absolute Gasteiger partial charge is 0.487 e. The molecule has 0 atom stereocenters. The number of esters is 1. The molecule has 0 aliphatic heterocycles. The third kappa shape index (κ3) is 2.76. The van der Waals surface area contributed by atoms with Crippen LogP contribution < -0.4 is 4.74 Å². The Balaban J connectivity index is 2.67. The molecular weight excluding hydrogens is 180 g/mol. The number of carbonyl (C=O) groups is 1. The van der Waals surface area contributed by atoms with Crippen LogP contribution in [-0.4, -0.2) is 12.6 Å². The van der Waals surface area contributed by atoms with Crippen LogP contribution in [0.1, 0.15) is 24.2 Å². The van der Waals surface area contributed by atoms with Gasteiger partial charge in [0.2, 0.25) is 0 Å². The van der Waals surface area contributed by atoms with Crippen LogP contribution >= 0.6 is 0 Å². The van der Waals surface area contributed by atoms with E-state index in [1.165, 1.54) is 0 Å². The van der Waals surface area contributed by atoms with E-state index in [2.05, 4.69) is 0 Å². The van der Waals surface area contributed by atoms with Crippen LogP contribution in [-0.2, 0) is 4.74 Å². The SMILES string of the molecule is C[CH]Oc1ccc(C(=O)OCC)cc1. The third-order valence-electron chi connectivity index (χ3n) is 1.62. The van der Waals surface area contributed by atoms with Crippen LogP contribution in [0.4, 0.5) is 0 Å². The highest BCUT2D eigenvalue weighted by Gasteiger charge is 2.05. The lowest BCUT2D eigenvalue weighted by molar-refractivity contribution is 0.0526. The Kier molecular flexibility index (Phi) is 3.98. The first-order chi connectivity index (χ1) is 6.77. The van der Waals surface area contributed by atoms with Gasteiger partial charge in [-0.2, -0.15) is 0 Å². The summed E-state index contributed by atoms with van der Waals surface area (Å²) < 4.78 is 9.96. The molecule has 0 saturated heterocycles. The highest BCUT2D eigenvalue weighted by Crippen LogP contribution is 2.13. The van der Waals surface area contributed by atoms with E-state index in [0.717, 1.165) is 0 Å². The van der Waals surface area contributed by atoms with Crippen molar-refractivity contribution in [2.45, 2.75) is 13.8 Å². The van der Waals surface area contributed by atoms with Gasteiger partial charge in [0.05, 0.1) is 12.2 Å². The molecular formula is C11H13O3. The van der Waals surface area contributed by atoms with Gasteiger partial charge in [0.15, 0.2) is 0 Å². The van der Waals surface area contributed by atoms with Crippen molar-refractivity contribution < 1.29 is 14.3 Å². The average molecular weight is 193 g/mol. The normalized spacial score (nSPS) is 9.57. The first-order valence-electron chi connectivity index (χ1n) is 4.49. The Morgan fingerprint density at radius 1 is 1.36 bits per heavy atom.